The first-order valence-electron chi connectivity index (χ1n) is 12.6. The van der Waals surface area contributed by atoms with Crippen LogP contribution in [0.2, 0.25) is 0 Å². The molecule has 0 unspecified atom stereocenters. The summed E-state index contributed by atoms with van der Waals surface area (Å²) in [5, 5.41) is 32.5. The number of carbonyl (C=O) groups is 2. The number of carboxylic acids is 1. The molecule has 2 aromatic carbocycles. The van der Waals surface area contributed by atoms with Crippen molar-refractivity contribution >= 4 is 44.9 Å². The quantitative estimate of drug-likeness (QED) is 0.114. The number of ketones is 1. The van der Waals surface area contributed by atoms with Crippen LogP contribution < -0.4 is 0 Å². The fourth-order valence-corrected chi connectivity index (χ4v) is 5.96. The lowest BCUT2D eigenvalue weighted by molar-refractivity contribution is 0.0702. The smallest absolute Gasteiger partial charge is 0.346 e. The number of aromatic nitrogens is 2. The molecule has 3 heterocycles. The van der Waals surface area contributed by atoms with E-state index in [0.717, 1.165) is 44.6 Å². The molecular weight excluding hydrogens is 512 g/mol. The standard InChI is InChI=1S/C31H30N2O5S/c1-16(15-34)12-13-17-8-7-10-18-20(14-32-24(17)18)25(35)28-26(36)23(27(39-28)30(37)38)22-19-9-5-6-11-21(19)33-29(22)31(2,3)4/h5-12,14,32-34,36H,13,15H2,1-4H3,(H,37,38)/b16-12+. The summed E-state index contributed by atoms with van der Waals surface area (Å²) in [7, 11) is 0. The Balaban J connectivity index is 1.69. The summed E-state index contributed by atoms with van der Waals surface area (Å²) in [4.78, 5) is 32.8. The zero-order chi connectivity index (χ0) is 28.1. The number of nitrogens with one attached hydrogen (secondary N) is 2. The molecule has 0 radical (unpaired) electrons. The lowest BCUT2D eigenvalue weighted by Gasteiger charge is -2.19. The van der Waals surface area contributed by atoms with E-state index in [1.54, 1.807) is 6.20 Å². The molecule has 0 spiro atoms. The molecule has 39 heavy (non-hydrogen) atoms. The van der Waals surface area contributed by atoms with Crippen LogP contribution in [0.3, 0.4) is 0 Å². The van der Waals surface area contributed by atoms with Gasteiger partial charge in [-0.25, -0.2) is 4.79 Å². The van der Waals surface area contributed by atoms with Gasteiger partial charge in [-0.2, -0.15) is 0 Å². The highest BCUT2D eigenvalue weighted by molar-refractivity contribution is 7.17. The summed E-state index contributed by atoms with van der Waals surface area (Å²) >= 11 is 0.792. The van der Waals surface area contributed by atoms with Crippen LogP contribution in [0.15, 0.2) is 60.3 Å². The summed E-state index contributed by atoms with van der Waals surface area (Å²) in [6, 6.07) is 13.2. The average Bonchev–Trinajstić information content (AvgIpc) is 3.60. The van der Waals surface area contributed by atoms with E-state index >= 15 is 0 Å². The molecule has 0 fully saturated rings. The van der Waals surface area contributed by atoms with Crippen molar-refractivity contribution in [1.29, 1.82) is 0 Å². The van der Waals surface area contributed by atoms with E-state index < -0.39 is 17.2 Å². The molecule has 0 saturated carbocycles. The molecule has 0 aliphatic heterocycles. The van der Waals surface area contributed by atoms with Crippen molar-refractivity contribution in [3.63, 3.8) is 0 Å². The monoisotopic (exact) mass is 542 g/mol. The number of aromatic carboxylic acids is 1. The maximum atomic E-state index is 13.9. The first kappa shape index (κ1) is 26.5. The van der Waals surface area contributed by atoms with Gasteiger partial charge in [0.1, 0.15) is 15.5 Å². The number of carbonyl (C=O) groups excluding carboxylic acids is 1. The molecule has 5 rings (SSSR count). The summed E-state index contributed by atoms with van der Waals surface area (Å²) in [6.45, 7) is 7.86. The Hall–Kier alpha value is -4.14. The van der Waals surface area contributed by atoms with Gasteiger partial charge in [0.2, 0.25) is 5.78 Å². The van der Waals surface area contributed by atoms with Crippen molar-refractivity contribution in [3.05, 3.63) is 86.9 Å². The number of H-pyrrole nitrogens is 2. The number of hydrogen-bond donors (Lipinski definition) is 5. The predicted octanol–water partition coefficient (Wildman–Crippen LogP) is 6.79. The van der Waals surface area contributed by atoms with Gasteiger partial charge in [0.15, 0.2) is 0 Å². The summed E-state index contributed by atoms with van der Waals surface area (Å²) in [6.07, 6.45) is 4.11. The molecule has 3 aromatic heterocycles. The molecular formula is C31H30N2O5S. The van der Waals surface area contributed by atoms with Crippen LogP contribution in [-0.2, 0) is 11.8 Å². The highest BCUT2D eigenvalue weighted by Crippen LogP contribution is 2.49. The maximum absolute atomic E-state index is 13.9. The molecule has 0 aliphatic carbocycles. The molecule has 5 N–H and O–H groups in total. The topological polar surface area (TPSA) is 126 Å². The number of rotatable bonds is 7. The zero-order valence-corrected chi connectivity index (χ0v) is 23.0. The van der Waals surface area contributed by atoms with E-state index in [9.17, 15) is 24.9 Å². The van der Waals surface area contributed by atoms with E-state index in [-0.39, 0.29) is 27.7 Å². The van der Waals surface area contributed by atoms with Gasteiger partial charge >= 0.3 is 5.97 Å². The van der Waals surface area contributed by atoms with Gasteiger partial charge in [0.25, 0.3) is 0 Å². The molecule has 7 nitrogen and oxygen atoms in total. The Morgan fingerprint density at radius 3 is 2.41 bits per heavy atom. The van der Waals surface area contributed by atoms with Crippen molar-refractivity contribution in [2.75, 3.05) is 6.61 Å². The normalized spacial score (nSPS) is 12.5. The number of aliphatic hydroxyl groups excluding tert-OH is 1. The Bertz CT molecular complexity index is 1780. The second-order valence-electron chi connectivity index (χ2n) is 10.7. The molecule has 8 heteroatoms. The second kappa shape index (κ2) is 9.87. The number of aliphatic hydroxyl groups is 1. The molecule has 0 atom stereocenters. The van der Waals surface area contributed by atoms with Gasteiger partial charge in [-0.1, -0.05) is 68.8 Å². The third-order valence-corrected chi connectivity index (χ3v) is 8.12. The van der Waals surface area contributed by atoms with Crippen molar-refractivity contribution < 1.29 is 24.9 Å². The zero-order valence-electron chi connectivity index (χ0n) is 22.2. The Labute approximate surface area is 229 Å². The van der Waals surface area contributed by atoms with Gasteiger partial charge in [0, 0.05) is 50.2 Å². The SMILES string of the molecule is C/C(=C\Cc1cccc2c(C(=O)c3sc(C(=O)O)c(-c4c(C(C)(C)C)[nH]c5ccccc45)c3O)c[nH]c12)CO. The van der Waals surface area contributed by atoms with Gasteiger partial charge in [-0.3, -0.25) is 4.79 Å². The van der Waals surface area contributed by atoms with Crippen LogP contribution in [0.25, 0.3) is 32.9 Å². The molecule has 0 aliphatic rings. The van der Waals surface area contributed by atoms with Crippen molar-refractivity contribution in [2.45, 2.75) is 39.5 Å². The minimum Gasteiger partial charge on any atom is -0.506 e. The number of carboxylic acid groups (broad SMARTS) is 1. The Morgan fingerprint density at radius 2 is 1.72 bits per heavy atom. The van der Waals surface area contributed by atoms with Gasteiger partial charge in [-0.15, -0.1) is 11.3 Å². The average molecular weight is 543 g/mol. The largest absolute Gasteiger partial charge is 0.506 e. The fraction of sp³-hybridized carbons (Fsp3) is 0.226. The lowest BCUT2D eigenvalue weighted by Crippen LogP contribution is -2.13. The van der Waals surface area contributed by atoms with Crippen LogP contribution in [-0.4, -0.2) is 43.6 Å². The van der Waals surface area contributed by atoms with E-state index in [1.165, 1.54) is 0 Å². The van der Waals surface area contributed by atoms with Gasteiger partial charge in [0.05, 0.1) is 12.2 Å². The first-order chi connectivity index (χ1) is 18.5. The first-order valence-corrected chi connectivity index (χ1v) is 13.4. The molecule has 0 saturated heterocycles. The number of benzene rings is 2. The van der Waals surface area contributed by atoms with Crippen molar-refractivity contribution in [2.24, 2.45) is 0 Å². The molecule has 5 aromatic rings. The highest BCUT2D eigenvalue weighted by atomic mass is 32.1. The maximum Gasteiger partial charge on any atom is 0.346 e. The fourth-order valence-electron chi connectivity index (χ4n) is 4.97. The third-order valence-electron chi connectivity index (χ3n) is 6.96. The van der Waals surface area contributed by atoms with E-state index in [2.05, 4.69) is 9.97 Å². The second-order valence-corrected chi connectivity index (χ2v) is 11.8. The number of para-hydroxylation sites is 2. The molecule has 0 bridgehead atoms. The number of thiophene rings is 1. The van der Waals surface area contributed by atoms with E-state index in [4.69, 9.17) is 0 Å². The Kier molecular flexibility index (Phi) is 6.70. The van der Waals surface area contributed by atoms with Crippen LogP contribution in [0.1, 0.15) is 63.9 Å². The molecule has 200 valence electrons. The summed E-state index contributed by atoms with van der Waals surface area (Å²) in [5.41, 5.74) is 4.89. The number of hydrogen-bond acceptors (Lipinski definition) is 5. The van der Waals surface area contributed by atoms with Crippen LogP contribution >= 0.6 is 11.3 Å². The highest BCUT2D eigenvalue weighted by Gasteiger charge is 2.33. The summed E-state index contributed by atoms with van der Waals surface area (Å²) < 4.78 is 0. The van der Waals surface area contributed by atoms with Gasteiger partial charge < -0.3 is 25.3 Å². The summed E-state index contributed by atoms with van der Waals surface area (Å²) in [5.74, 6) is -1.99. The van der Waals surface area contributed by atoms with E-state index in [0.29, 0.717) is 22.9 Å². The van der Waals surface area contributed by atoms with Crippen LogP contribution in [0, 0.1) is 0 Å². The Morgan fingerprint density at radius 1 is 1.00 bits per heavy atom. The minimum absolute atomic E-state index is 0.0186. The minimum atomic E-state index is -1.21. The molecule has 0 amide bonds. The lowest BCUT2D eigenvalue weighted by atomic mass is 9.86. The number of fused-ring (bicyclic) bond motifs is 2. The van der Waals surface area contributed by atoms with Crippen LogP contribution in [0.5, 0.6) is 5.75 Å². The van der Waals surface area contributed by atoms with Crippen LogP contribution in [0.4, 0.5) is 0 Å². The van der Waals surface area contributed by atoms with E-state index in [1.807, 2.05) is 76.2 Å². The number of allylic oxidation sites excluding steroid dienone is 1. The predicted molar refractivity (Wildman–Crippen MR) is 155 cm³/mol. The van der Waals surface area contributed by atoms with Crippen molar-refractivity contribution in [1.82, 2.24) is 9.97 Å². The number of aromatic amines is 2. The van der Waals surface area contributed by atoms with Gasteiger partial charge in [-0.05, 0) is 25.0 Å². The van der Waals surface area contributed by atoms with Crippen molar-refractivity contribution in [3.8, 4) is 16.9 Å². The number of aromatic hydroxyl groups is 1. The third kappa shape index (κ3) is 4.56.